The van der Waals surface area contributed by atoms with Crippen LogP contribution in [0.4, 0.5) is 11.5 Å². The largest absolute Gasteiger partial charge is 0.366 e. The Balaban J connectivity index is 1.58. The van der Waals surface area contributed by atoms with Crippen molar-refractivity contribution in [2.75, 3.05) is 10.6 Å². The van der Waals surface area contributed by atoms with Gasteiger partial charge in [0.25, 0.3) is 0 Å². The molecule has 1 saturated carbocycles. The summed E-state index contributed by atoms with van der Waals surface area (Å²) in [5, 5.41) is 6.32. The molecule has 2 N–H and O–H groups in total. The molecule has 0 spiro atoms. The van der Waals surface area contributed by atoms with Gasteiger partial charge in [-0.15, -0.1) is 0 Å². The third kappa shape index (κ3) is 4.55. The fourth-order valence-corrected chi connectivity index (χ4v) is 3.10. The van der Waals surface area contributed by atoms with E-state index in [0.717, 1.165) is 34.4 Å². The predicted molar refractivity (Wildman–Crippen MR) is 96.3 cm³/mol. The summed E-state index contributed by atoms with van der Waals surface area (Å²) in [6.45, 7) is 0.668. The summed E-state index contributed by atoms with van der Waals surface area (Å²) in [6.07, 6.45) is 6.13. The Hall–Kier alpha value is -1.88. The van der Waals surface area contributed by atoms with E-state index in [2.05, 4.69) is 31.5 Å². The van der Waals surface area contributed by atoms with Crippen LogP contribution in [-0.4, -0.2) is 10.9 Å². The highest BCUT2D eigenvalue weighted by Gasteiger charge is 2.22. The highest BCUT2D eigenvalue weighted by Crippen LogP contribution is 2.26. The van der Waals surface area contributed by atoms with Crippen molar-refractivity contribution in [2.24, 2.45) is 5.92 Å². The van der Waals surface area contributed by atoms with Crippen molar-refractivity contribution in [1.82, 2.24) is 4.98 Å². The summed E-state index contributed by atoms with van der Waals surface area (Å²) in [4.78, 5) is 16.5. The van der Waals surface area contributed by atoms with Gasteiger partial charge in [-0.1, -0.05) is 25.0 Å². The molecular weight excluding hydrogens is 354 g/mol. The van der Waals surface area contributed by atoms with Gasteiger partial charge in [-0.05, 0) is 58.6 Å². The minimum Gasteiger partial charge on any atom is -0.366 e. The fourth-order valence-electron chi connectivity index (χ4n) is 2.86. The van der Waals surface area contributed by atoms with Gasteiger partial charge in [-0.2, -0.15) is 0 Å². The van der Waals surface area contributed by atoms with Crippen LogP contribution in [-0.2, 0) is 11.3 Å². The summed E-state index contributed by atoms with van der Waals surface area (Å²) < 4.78 is 0.958. The molecule has 1 amide bonds. The maximum atomic E-state index is 12.2. The van der Waals surface area contributed by atoms with Gasteiger partial charge in [0.1, 0.15) is 5.82 Å². The Morgan fingerprint density at radius 1 is 1.22 bits per heavy atom. The van der Waals surface area contributed by atoms with Crippen LogP contribution < -0.4 is 10.6 Å². The van der Waals surface area contributed by atoms with E-state index < -0.39 is 0 Å². The lowest BCUT2D eigenvalue weighted by Gasteiger charge is -2.12. The highest BCUT2D eigenvalue weighted by atomic mass is 79.9. The number of carbonyl (C=O) groups excluding carboxylic acids is 1. The van der Waals surface area contributed by atoms with E-state index in [1.54, 1.807) is 6.20 Å². The molecule has 0 atom stereocenters. The van der Waals surface area contributed by atoms with Gasteiger partial charge in [0, 0.05) is 28.8 Å². The quantitative estimate of drug-likeness (QED) is 0.805. The van der Waals surface area contributed by atoms with E-state index >= 15 is 0 Å². The summed E-state index contributed by atoms with van der Waals surface area (Å²) in [5.41, 5.74) is 1.98. The Kier molecular flexibility index (Phi) is 5.28. The smallest absolute Gasteiger partial charge is 0.227 e. The molecule has 0 radical (unpaired) electrons. The van der Waals surface area contributed by atoms with Gasteiger partial charge in [0.2, 0.25) is 5.91 Å². The number of carbonyl (C=O) groups is 1. The molecule has 4 nitrogen and oxygen atoms in total. The van der Waals surface area contributed by atoms with Crippen LogP contribution in [0.2, 0.25) is 0 Å². The van der Waals surface area contributed by atoms with Crippen molar-refractivity contribution >= 4 is 33.3 Å². The number of pyridine rings is 1. The standard InChI is InChI=1S/C18H20BrN3O/c19-15-8-9-17(21-12-15)20-11-13-4-3-7-16(10-13)22-18(23)14-5-1-2-6-14/h3-4,7-10,12,14H,1-2,5-6,11H2,(H,20,21)(H,22,23). The number of hydrogen-bond acceptors (Lipinski definition) is 3. The molecule has 23 heavy (non-hydrogen) atoms. The van der Waals surface area contributed by atoms with Crippen LogP contribution in [0.5, 0.6) is 0 Å². The second-order valence-corrected chi connectivity index (χ2v) is 6.80. The molecule has 1 aromatic heterocycles. The summed E-state index contributed by atoms with van der Waals surface area (Å²) in [5.74, 6) is 1.17. The summed E-state index contributed by atoms with van der Waals surface area (Å²) >= 11 is 3.37. The number of rotatable bonds is 5. The Morgan fingerprint density at radius 3 is 2.78 bits per heavy atom. The molecule has 1 aliphatic rings. The third-order valence-corrected chi connectivity index (χ3v) is 4.59. The minimum atomic E-state index is 0.155. The number of aromatic nitrogens is 1. The molecule has 1 heterocycles. The first kappa shape index (κ1) is 16.0. The van der Waals surface area contributed by atoms with Gasteiger partial charge in [0.05, 0.1) is 0 Å². The van der Waals surface area contributed by atoms with E-state index in [9.17, 15) is 4.79 Å². The molecule has 0 unspecified atom stereocenters. The topological polar surface area (TPSA) is 54.0 Å². The number of anilines is 2. The molecular formula is C18H20BrN3O. The first-order chi connectivity index (χ1) is 11.2. The molecule has 1 aromatic carbocycles. The molecule has 3 rings (SSSR count). The maximum absolute atomic E-state index is 12.2. The van der Waals surface area contributed by atoms with Crippen molar-refractivity contribution in [1.29, 1.82) is 0 Å². The average molecular weight is 374 g/mol. The fraction of sp³-hybridized carbons (Fsp3) is 0.333. The van der Waals surface area contributed by atoms with E-state index in [-0.39, 0.29) is 11.8 Å². The zero-order chi connectivity index (χ0) is 16.1. The maximum Gasteiger partial charge on any atom is 0.227 e. The monoisotopic (exact) mass is 373 g/mol. The van der Waals surface area contributed by atoms with E-state index in [4.69, 9.17) is 0 Å². The molecule has 0 saturated heterocycles. The van der Waals surface area contributed by atoms with Gasteiger partial charge >= 0.3 is 0 Å². The Morgan fingerprint density at radius 2 is 2.04 bits per heavy atom. The molecule has 1 aliphatic carbocycles. The van der Waals surface area contributed by atoms with Crippen molar-refractivity contribution < 1.29 is 4.79 Å². The molecule has 0 aliphatic heterocycles. The Labute approximate surface area is 144 Å². The number of benzene rings is 1. The zero-order valence-electron chi connectivity index (χ0n) is 12.9. The van der Waals surface area contributed by atoms with Crippen molar-refractivity contribution in [3.63, 3.8) is 0 Å². The van der Waals surface area contributed by atoms with Crippen LogP contribution >= 0.6 is 15.9 Å². The van der Waals surface area contributed by atoms with Gasteiger partial charge in [-0.3, -0.25) is 4.79 Å². The lowest BCUT2D eigenvalue weighted by molar-refractivity contribution is -0.119. The van der Waals surface area contributed by atoms with E-state index in [0.29, 0.717) is 6.54 Å². The van der Waals surface area contributed by atoms with E-state index in [1.165, 1.54) is 12.8 Å². The first-order valence-electron chi connectivity index (χ1n) is 7.96. The second-order valence-electron chi connectivity index (χ2n) is 5.89. The average Bonchev–Trinajstić information content (AvgIpc) is 3.09. The summed E-state index contributed by atoms with van der Waals surface area (Å²) in [6, 6.07) is 11.8. The van der Waals surface area contributed by atoms with Crippen LogP contribution in [0.1, 0.15) is 31.2 Å². The lowest BCUT2D eigenvalue weighted by Crippen LogP contribution is -2.20. The van der Waals surface area contributed by atoms with Crippen molar-refractivity contribution in [2.45, 2.75) is 32.2 Å². The molecule has 5 heteroatoms. The van der Waals surface area contributed by atoms with Crippen molar-refractivity contribution in [3.8, 4) is 0 Å². The zero-order valence-corrected chi connectivity index (χ0v) is 14.5. The van der Waals surface area contributed by atoms with Gasteiger partial charge in [-0.25, -0.2) is 4.98 Å². The number of nitrogens with zero attached hydrogens (tertiary/aromatic N) is 1. The number of amides is 1. The van der Waals surface area contributed by atoms with E-state index in [1.807, 2.05) is 36.4 Å². The van der Waals surface area contributed by atoms with Crippen LogP contribution in [0.25, 0.3) is 0 Å². The molecule has 0 bridgehead atoms. The third-order valence-electron chi connectivity index (χ3n) is 4.12. The number of hydrogen-bond donors (Lipinski definition) is 2. The molecule has 1 fully saturated rings. The normalized spacial score (nSPS) is 14.7. The van der Waals surface area contributed by atoms with Gasteiger partial charge in [0.15, 0.2) is 0 Å². The number of halogens is 1. The minimum absolute atomic E-state index is 0.155. The SMILES string of the molecule is O=C(Nc1cccc(CNc2ccc(Br)cn2)c1)C1CCCC1. The second kappa shape index (κ2) is 7.59. The molecule has 120 valence electrons. The number of nitrogens with one attached hydrogen (secondary N) is 2. The van der Waals surface area contributed by atoms with Crippen LogP contribution in [0.15, 0.2) is 47.1 Å². The lowest BCUT2D eigenvalue weighted by atomic mass is 10.1. The highest BCUT2D eigenvalue weighted by molar-refractivity contribution is 9.10. The van der Waals surface area contributed by atoms with Crippen LogP contribution in [0.3, 0.4) is 0 Å². The Bertz CT molecular complexity index is 666. The summed E-state index contributed by atoms with van der Waals surface area (Å²) in [7, 11) is 0. The predicted octanol–water partition coefficient (Wildman–Crippen LogP) is 4.58. The van der Waals surface area contributed by atoms with Gasteiger partial charge < -0.3 is 10.6 Å². The molecule has 2 aromatic rings. The van der Waals surface area contributed by atoms with Crippen LogP contribution in [0, 0.1) is 5.92 Å². The first-order valence-corrected chi connectivity index (χ1v) is 8.75. The van der Waals surface area contributed by atoms with Crippen molar-refractivity contribution in [3.05, 3.63) is 52.6 Å².